The van der Waals surface area contributed by atoms with E-state index in [1.807, 2.05) is 0 Å². The Labute approximate surface area is 197 Å². The van der Waals surface area contributed by atoms with Crippen LogP contribution in [0.3, 0.4) is 0 Å². The molecule has 0 bridgehead atoms. The minimum Gasteiger partial charge on any atom is -0.383 e. The molecule has 2 rings (SSSR count). The number of amides is 3. The molecule has 0 radical (unpaired) electrons. The van der Waals surface area contributed by atoms with Gasteiger partial charge in [0, 0.05) is 25.6 Å². The maximum absolute atomic E-state index is 12.9. The quantitative estimate of drug-likeness (QED) is 0.485. The second kappa shape index (κ2) is 13.1. The van der Waals surface area contributed by atoms with Gasteiger partial charge in [-0.3, -0.25) is 14.4 Å². The van der Waals surface area contributed by atoms with Gasteiger partial charge in [0.05, 0.1) is 29.3 Å². The number of hydrogen-bond donors (Lipinski definition) is 2. The number of rotatable bonds is 12. The number of hydrogen-bond acceptors (Lipinski definition) is 6. The molecule has 2 N–H and O–H groups in total. The van der Waals surface area contributed by atoms with E-state index >= 15 is 0 Å². The monoisotopic (exact) mass is 480 g/mol. The van der Waals surface area contributed by atoms with Crippen LogP contribution < -0.4 is 10.6 Å². The van der Waals surface area contributed by atoms with Gasteiger partial charge in [-0.15, -0.1) is 11.3 Å². The normalized spacial score (nSPS) is 10.8. The number of benzene rings is 1. The summed E-state index contributed by atoms with van der Waals surface area (Å²) in [6.45, 7) is 5.14. The number of nitrogens with zero attached hydrogens (tertiary/aromatic N) is 2. The Bertz CT molecular complexity index is 919. The highest BCUT2D eigenvalue weighted by Crippen LogP contribution is 2.18. The molecule has 174 valence electrons. The summed E-state index contributed by atoms with van der Waals surface area (Å²) < 4.78 is 5.06. The summed E-state index contributed by atoms with van der Waals surface area (Å²) in [7, 11) is 1.52. The summed E-state index contributed by atoms with van der Waals surface area (Å²) >= 11 is 7.36. The van der Waals surface area contributed by atoms with Crippen LogP contribution in [0.1, 0.15) is 36.3 Å². The highest BCUT2D eigenvalue weighted by Gasteiger charge is 2.21. The first-order chi connectivity index (χ1) is 15.3. The Balaban J connectivity index is 1.93. The molecule has 0 fully saturated rings. The molecule has 0 aliphatic rings. The molecule has 32 heavy (non-hydrogen) atoms. The lowest BCUT2D eigenvalue weighted by Gasteiger charge is -2.22. The number of nitrogens with one attached hydrogen (secondary N) is 2. The van der Waals surface area contributed by atoms with Crippen LogP contribution >= 0.6 is 22.9 Å². The van der Waals surface area contributed by atoms with E-state index in [0.717, 1.165) is 6.42 Å². The van der Waals surface area contributed by atoms with Gasteiger partial charge in [0.1, 0.15) is 6.54 Å². The number of halogens is 1. The predicted octanol–water partition coefficient (Wildman–Crippen LogP) is 3.23. The maximum Gasteiger partial charge on any atom is 0.255 e. The van der Waals surface area contributed by atoms with Crippen LogP contribution in [0.25, 0.3) is 0 Å². The predicted molar refractivity (Wildman–Crippen MR) is 126 cm³/mol. The fourth-order valence-electron chi connectivity index (χ4n) is 2.76. The van der Waals surface area contributed by atoms with Gasteiger partial charge in [-0.05, 0) is 24.5 Å². The lowest BCUT2D eigenvalue weighted by atomic mass is 10.1. The van der Waals surface area contributed by atoms with Crippen LogP contribution in [0.15, 0.2) is 29.6 Å². The van der Waals surface area contributed by atoms with E-state index < -0.39 is 5.91 Å². The number of thiazole rings is 1. The zero-order valence-corrected chi connectivity index (χ0v) is 20.1. The average Bonchev–Trinajstić information content (AvgIpc) is 3.17. The van der Waals surface area contributed by atoms with Gasteiger partial charge in [0.25, 0.3) is 5.91 Å². The smallest absolute Gasteiger partial charge is 0.255 e. The van der Waals surface area contributed by atoms with Crippen molar-refractivity contribution in [3.05, 3.63) is 45.9 Å². The molecule has 1 heterocycles. The largest absolute Gasteiger partial charge is 0.383 e. The standard InChI is InChI=1S/C22H29ClN4O4S/c1-15(2)8-9-24-19(28)12-16-14-32-22(25-16)26-20(29)13-27(10-11-31-3)21(30)17-6-4-5-7-18(17)23/h4-7,14-15H,8-13H2,1-3H3,(H,24,28)(H,25,26,29). The van der Waals surface area contributed by atoms with Crippen molar-refractivity contribution in [2.75, 3.05) is 38.7 Å². The summed E-state index contributed by atoms with van der Waals surface area (Å²) in [5, 5.41) is 7.97. The van der Waals surface area contributed by atoms with Gasteiger partial charge in [0.15, 0.2) is 5.13 Å². The third kappa shape index (κ3) is 8.57. The maximum atomic E-state index is 12.9. The molecule has 0 unspecified atom stereocenters. The molecule has 0 aliphatic carbocycles. The van der Waals surface area contributed by atoms with E-state index in [2.05, 4.69) is 29.5 Å². The first-order valence-corrected chi connectivity index (χ1v) is 11.6. The van der Waals surface area contributed by atoms with Crippen molar-refractivity contribution in [3.63, 3.8) is 0 Å². The van der Waals surface area contributed by atoms with E-state index in [0.29, 0.717) is 33.9 Å². The Morgan fingerprint density at radius 1 is 1.22 bits per heavy atom. The van der Waals surface area contributed by atoms with E-state index in [4.69, 9.17) is 16.3 Å². The summed E-state index contributed by atoms with van der Waals surface area (Å²) in [6.07, 6.45) is 1.06. The Kier molecular flexibility index (Phi) is 10.6. The van der Waals surface area contributed by atoms with Crippen molar-refractivity contribution in [1.29, 1.82) is 0 Å². The lowest BCUT2D eigenvalue weighted by Crippen LogP contribution is -2.40. The average molecular weight is 481 g/mol. The Morgan fingerprint density at radius 3 is 2.66 bits per heavy atom. The molecule has 1 aromatic heterocycles. The molecule has 1 aromatic carbocycles. The van der Waals surface area contributed by atoms with E-state index in [1.165, 1.54) is 23.3 Å². The van der Waals surface area contributed by atoms with Crippen LogP contribution in [0.4, 0.5) is 5.13 Å². The molecule has 10 heteroatoms. The van der Waals surface area contributed by atoms with Crippen molar-refractivity contribution in [3.8, 4) is 0 Å². The minimum atomic E-state index is -0.399. The van der Waals surface area contributed by atoms with Crippen molar-refractivity contribution >= 4 is 45.8 Å². The molecule has 0 aliphatic heterocycles. The van der Waals surface area contributed by atoms with Gasteiger partial charge < -0.3 is 20.3 Å². The first-order valence-electron chi connectivity index (χ1n) is 10.3. The van der Waals surface area contributed by atoms with E-state index in [1.54, 1.807) is 29.6 Å². The van der Waals surface area contributed by atoms with Crippen LogP contribution in [-0.4, -0.2) is 61.0 Å². The summed E-state index contributed by atoms with van der Waals surface area (Å²) in [6, 6.07) is 6.68. The van der Waals surface area contributed by atoms with Gasteiger partial charge in [-0.25, -0.2) is 4.98 Å². The van der Waals surface area contributed by atoms with Crippen molar-refractivity contribution in [2.24, 2.45) is 5.92 Å². The van der Waals surface area contributed by atoms with Crippen LogP contribution in [-0.2, 0) is 20.7 Å². The van der Waals surface area contributed by atoms with Crippen molar-refractivity contribution in [2.45, 2.75) is 26.7 Å². The van der Waals surface area contributed by atoms with Crippen LogP contribution in [0.5, 0.6) is 0 Å². The fraction of sp³-hybridized carbons (Fsp3) is 0.455. The highest BCUT2D eigenvalue weighted by atomic mass is 35.5. The Morgan fingerprint density at radius 2 is 1.97 bits per heavy atom. The van der Waals surface area contributed by atoms with E-state index in [-0.39, 0.29) is 37.9 Å². The van der Waals surface area contributed by atoms with Crippen molar-refractivity contribution in [1.82, 2.24) is 15.2 Å². The molecule has 2 aromatic rings. The number of aromatic nitrogens is 1. The van der Waals surface area contributed by atoms with Crippen LogP contribution in [0, 0.1) is 5.92 Å². The second-order valence-electron chi connectivity index (χ2n) is 7.60. The summed E-state index contributed by atoms with van der Waals surface area (Å²) in [5.74, 6) is -0.348. The molecule has 0 atom stereocenters. The highest BCUT2D eigenvalue weighted by molar-refractivity contribution is 7.13. The molecule has 3 amide bonds. The summed E-state index contributed by atoms with van der Waals surface area (Å²) in [4.78, 5) is 43.1. The van der Waals surface area contributed by atoms with Crippen molar-refractivity contribution < 1.29 is 19.1 Å². The number of methoxy groups -OCH3 is 1. The molecular weight excluding hydrogens is 452 g/mol. The SMILES string of the molecule is COCCN(CC(=O)Nc1nc(CC(=O)NCCC(C)C)cs1)C(=O)c1ccccc1Cl. The van der Waals surface area contributed by atoms with Gasteiger partial charge in [-0.1, -0.05) is 37.6 Å². The molecule has 0 spiro atoms. The lowest BCUT2D eigenvalue weighted by molar-refractivity contribution is -0.120. The minimum absolute atomic E-state index is 0.107. The van der Waals surface area contributed by atoms with Gasteiger partial charge >= 0.3 is 0 Å². The number of ether oxygens (including phenoxy) is 1. The molecular formula is C22H29ClN4O4S. The topological polar surface area (TPSA) is 101 Å². The molecule has 0 saturated heterocycles. The van der Waals surface area contributed by atoms with Gasteiger partial charge in [-0.2, -0.15) is 0 Å². The third-order valence-corrected chi connectivity index (χ3v) is 5.61. The fourth-order valence-corrected chi connectivity index (χ4v) is 3.71. The number of carbonyl (C=O) groups is 3. The molecule has 0 saturated carbocycles. The zero-order valence-electron chi connectivity index (χ0n) is 18.5. The number of carbonyl (C=O) groups excluding carboxylic acids is 3. The third-order valence-electron chi connectivity index (χ3n) is 4.47. The molecule has 8 nitrogen and oxygen atoms in total. The zero-order chi connectivity index (χ0) is 23.5. The Hall–Kier alpha value is -2.49. The second-order valence-corrected chi connectivity index (χ2v) is 8.87. The van der Waals surface area contributed by atoms with Crippen LogP contribution in [0.2, 0.25) is 5.02 Å². The first kappa shape index (κ1) is 25.8. The van der Waals surface area contributed by atoms with E-state index in [9.17, 15) is 14.4 Å². The summed E-state index contributed by atoms with van der Waals surface area (Å²) in [5.41, 5.74) is 0.897. The van der Waals surface area contributed by atoms with Gasteiger partial charge in [0.2, 0.25) is 11.8 Å². The number of anilines is 1.